The quantitative estimate of drug-likeness (QED) is 0.875. The zero-order valence-electron chi connectivity index (χ0n) is 10.9. The Hall–Kier alpha value is -1.95. The molecule has 7 heteroatoms. The fourth-order valence-electron chi connectivity index (χ4n) is 1.81. The van der Waals surface area contributed by atoms with Crippen LogP contribution in [0.15, 0.2) is 18.2 Å². The minimum absolute atomic E-state index is 0.00418. The Bertz CT molecular complexity index is 531. The summed E-state index contributed by atoms with van der Waals surface area (Å²) < 4.78 is 5.06. The molecule has 2 N–H and O–H groups in total. The normalized spacial score (nSPS) is 13.7. The number of methoxy groups -OCH3 is 1. The van der Waals surface area contributed by atoms with Gasteiger partial charge in [-0.25, -0.2) is 4.79 Å². The van der Waals surface area contributed by atoms with Gasteiger partial charge in [-0.3, -0.25) is 4.79 Å². The second-order valence-corrected chi connectivity index (χ2v) is 4.94. The van der Waals surface area contributed by atoms with Gasteiger partial charge in [0.05, 0.1) is 17.8 Å². The van der Waals surface area contributed by atoms with E-state index in [0.29, 0.717) is 16.5 Å². The number of carboxylic acids is 1. The molecule has 20 heavy (non-hydrogen) atoms. The predicted octanol–water partition coefficient (Wildman–Crippen LogP) is 2.43. The van der Waals surface area contributed by atoms with E-state index in [2.05, 4.69) is 5.32 Å². The first kappa shape index (κ1) is 14.5. The summed E-state index contributed by atoms with van der Waals surface area (Å²) in [6.45, 7) is -0.321. The van der Waals surface area contributed by atoms with E-state index in [1.807, 2.05) is 0 Å². The lowest BCUT2D eigenvalue weighted by atomic mass is 10.3. The highest BCUT2D eigenvalue weighted by atomic mass is 35.5. The lowest BCUT2D eigenvalue weighted by molar-refractivity contribution is -0.137. The number of carbonyl (C=O) groups is 2. The summed E-state index contributed by atoms with van der Waals surface area (Å²) >= 11 is 6.00. The fourth-order valence-corrected chi connectivity index (χ4v) is 1.98. The van der Waals surface area contributed by atoms with Crippen molar-refractivity contribution in [3.05, 3.63) is 23.2 Å². The van der Waals surface area contributed by atoms with Crippen molar-refractivity contribution in [3.8, 4) is 5.75 Å². The first-order valence-corrected chi connectivity index (χ1v) is 6.52. The van der Waals surface area contributed by atoms with Crippen LogP contribution in [0, 0.1) is 0 Å². The second kappa shape index (κ2) is 6.00. The second-order valence-electron chi connectivity index (χ2n) is 4.53. The number of carbonyl (C=O) groups excluding carboxylic acids is 1. The van der Waals surface area contributed by atoms with Crippen molar-refractivity contribution in [3.63, 3.8) is 0 Å². The Morgan fingerprint density at radius 2 is 2.20 bits per heavy atom. The summed E-state index contributed by atoms with van der Waals surface area (Å²) in [4.78, 5) is 24.2. The predicted molar refractivity (Wildman–Crippen MR) is 74.4 cm³/mol. The fraction of sp³-hybridized carbons (Fsp3) is 0.385. The van der Waals surface area contributed by atoms with Crippen LogP contribution in [-0.4, -0.2) is 41.7 Å². The van der Waals surface area contributed by atoms with Crippen LogP contribution in [0.3, 0.4) is 0 Å². The molecule has 0 unspecified atom stereocenters. The maximum Gasteiger partial charge on any atom is 0.323 e. The number of nitrogens with zero attached hydrogens (tertiary/aromatic N) is 1. The van der Waals surface area contributed by atoms with Crippen LogP contribution in [0.1, 0.15) is 12.8 Å². The van der Waals surface area contributed by atoms with E-state index in [0.717, 1.165) is 12.8 Å². The van der Waals surface area contributed by atoms with Crippen molar-refractivity contribution >= 4 is 29.3 Å². The molecule has 1 fully saturated rings. The first-order valence-electron chi connectivity index (χ1n) is 6.14. The summed E-state index contributed by atoms with van der Waals surface area (Å²) in [5.41, 5.74) is 0.395. The van der Waals surface area contributed by atoms with Crippen LogP contribution in [0.4, 0.5) is 10.5 Å². The van der Waals surface area contributed by atoms with Gasteiger partial charge in [-0.1, -0.05) is 11.6 Å². The van der Waals surface area contributed by atoms with E-state index >= 15 is 0 Å². The molecule has 2 amide bonds. The van der Waals surface area contributed by atoms with Crippen LogP contribution >= 0.6 is 11.6 Å². The van der Waals surface area contributed by atoms with E-state index in [9.17, 15) is 9.59 Å². The summed E-state index contributed by atoms with van der Waals surface area (Å²) in [6.07, 6.45) is 1.65. The third kappa shape index (κ3) is 3.54. The minimum Gasteiger partial charge on any atom is -0.497 e. The molecule has 0 heterocycles. The third-order valence-electron chi connectivity index (χ3n) is 2.97. The number of amides is 2. The molecule has 0 atom stereocenters. The van der Waals surface area contributed by atoms with Gasteiger partial charge in [0.2, 0.25) is 0 Å². The average molecular weight is 299 g/mol. The number of nitrogens with one attached hydrogen (secondary N) is 1. The van der Waals surface area contributed by atoms with Crippen LogP contribution in [0.2, 0.25) is 5.02 Å². The molecular formula is C13H15ClN2O4. The highest BCUT2D eigenvalue weighted by Crippen LogP contribution is 2.30. The van der Waals surface area contributed by atoms with E-state index < -0.39 is 12.0 Å². The number of benzene rings is 1. The molecule has 0 saturated heterocycles. The largest absolute Gasteiger partial charge is 0.497 e. The summed E-state index contributed by atoms with van der Waals surface area (Å²) in [6, 6.07) is 4.40. The molecule has 1 aromatic rings. The van der Waals surface area contributed by atoms with Gasteiger partial charge in [0.25, 0.3) is 0 Å². The highest BCUT2D eigenvalue weighted by molar-refractivity contribution is 6.33. The van der Waals surface area contributed by atoms with E-state index in [4.69, 9.17) is 21.4 Å². The molecule has 1 aliphatic rings. The number of hydrogen-bond acceptors (Lipinski definition) is 3. The lowest BCUT2D eigenvalue weighted by Gasteiger charge is -2.21. The zero-order valence-corrected chi connectivity index (χ0v) is 11.7. The molecular weight excluding hydrogens is 284 g/mol. The SMILES string of the molecule is COc1ccc(Cl)c(NC(=O)N(CC(=O)O)C2CC2)c1. The van der Waals surface area contributed by atoms with Crippen LogP contribution in [0.25, 0.3) is 0 Å². The van der Waals surface area contributed by atoms with Gasteiger partial charge in [0.15, 0.2) is 0 Å². The molecule has 1 aromatic carbocycles. The van der Waals surface area contributed by atoms with Gasteiger partial charge in [-0.15, -0.1) is 0 Å². The molecule has 0 aliphatic heterocycles. The van der Waals surface area contributed by atoms with Crippen molar-refractivity contribution in [1.29, 1.82) is 0 Å². The standard InChI is InChI=1S/C13H15ClN2O4/c1-20-9-4-5-10(14)11(6-9)15-13(19)16(7-12(17)18)8-2-3-8/h4-6,8H,2-3,7H2,1H3,(H,15,19)(H,17,18). The van der Waals surface area contributed by atoms with Crippen LogP contribution in [-0.2, 0) is 4.79 Å². The number of urea groups is 1. The minimum atomic E-state index is -1.04. The number of carboxylic acid groups (broad SMARTS) is 1. The maximum atomic E-state index is 12.1. The maximum absolute atomic E-state index is 12.1. The first-order chi connectivity index (χ1) is 9.51. The Balaban J connectivity index is 2.11. The number of aliphatic carboxylic acids is 1. The van der Waals surface area contributed by atoms with Gasteiger partial charge < -0.3 is 20.1 Å². The van der Waals surface area contributed by atoms with Crippen molar-refractivity contribution in [2.24, 2.45) is 0 Å². The molecule has 1 aliphatic carbocycles. The molecule has 6 nitrogen and oxygen atoms in total. The molecule has 0 radical (unpaired) electrons. The Morgan fingerprint density at radius 3 is 2.75 bits per heavy atom. The number of hydrogen-bond donors (Lipinski definition) is 2. The average Bonchev–Trinajstić information content (AvgIpc) is 3.22. The Morgan fingerprint density at radius 1 is 1.50 bits per heavy atom. The monoisotopic (exact) mass is 298 g/mol. The van der Waals surface area contributed by atoms with Gasteiger partial charge >= 0.3 is 12.0 Å². The van der Waals surface area contributed by atoms with E-state index in [1.54, 1.807) is 18.2 Å². The summed E-state index contributed by atoms with van der Waals surface area (Å²) in [5, 5.41) is 11.8. The number of rotatable bonds is 5. The zero-order chi connectivity index (χ0) is 14.7. The van der Waals surface area contributed by atoms with Gasteiger partial charge in [0, 0.05) is 12.1 Å². The van der Waals surface area contributed by atoms with Gasteiger partial charge in [-0.05, 0) is 25.0 Å². The van der Waals surface area contributed by atoms with Gasteiger partial charge in [-0.2, -0.15) is 0 Å². The van der Waals surface area contributed by atoms with Gasteiger partial charge in [0.1, 0.15) is 12.3 Å². The molecule has 0 spiro atoms. The molecule has 0 aromatic heterocycles. The number of anilines is 1. The van der Waals surface area contributed by atoms with Crippen LogP contribution in [0.5, 0.6) is 5.75 Å². The smallest absolute Gasteiger partial charge is 0.323 e. The topological polar surface area (TPSA) is 78.9 Å². The third-order valence-corrected chi connectivity index (χ3v) is 3.30. The number of ether oxygens (including phenoxy) is 1. The Kier molecular flexibility index (Phi) is 4.34. The van der Waals surface area contributed by atoms with E-state index in [-0.39, 0.29) is 12.6 Å². The summed E-state index contributed by atoms with van der Waals surface area (Å²) in [7, 11) is 1.51. The summed E-state index contributed by atoms with van der Waals surface area (Å²) in [5.74, 6) is -0.482. The molecule has 2 rings (SSSR count). The number of halogens is 1. The molecule has 108 valence electrons. The van der Waals surface area contributed by atoms with Crippen molar-refractivity contribution in [2.45, 2.75) is 18.9 Å². The molecule has 1 saturated carbocycles. The molecule has 0 bridgehead atoms. The Labute approximate surface area is 121 Å². The lowest BCUT2D eigenvalue weighted by Crippen LogP contribution is -2.40. The van der Waals surface area contributed by atoms with E-state index in [1.165, 1.54) is 12.0 Å². The van der Waals surface area contributed by atoms with Crippen molar-refractivity contribution in [1.82, 2.24) is 4.90 Å². The van der Waals surface area contributed by atoms with Crippen molar-refractivity contribution < 1.29 is 19.4 Å². The van der Waals surface area contributed by atoms with Crippen LogP contribution < -0.4 is 10.1 Å². The highest BCUT2D eigenvalue weighted by Gasteiger charge is 2.34. The van der Waals surface area contributed by atoms with Crippen molar-refractivity contribution in [2.75, 3.05) is 19.0 Å².